The first-order chi connectivity index (χ1) is 16.2. The van der Waals surface area contributed by atoms with Crippen molar-refractivity contribution in [1.29, 1.82) is 0 Å². The van der Waals surface area contributed by atoms with E-state index < -0.39 is 22.0 Å². The van der Waals surface area contributed by atoms with E-state index in [1.165, 1.54) is 4.68 Å². The molecule has 0 bridgehead atoms. The molecular formula is C25H24N4O4S. The molecule has 1 unspecified atom stereocenters. The lowest BCUT2D eigenvalue weighted by Gasteiger charge is -2.17. The van der Waals surface area contributed by atoms with E-state index >= 15 is 0 Å². The molecule has 1 atom stereocenters. The fraction of sp³-hybridized carbons (Fsp3) is 0.160. The molecule has 4 aromatic rings. The Labute approximate surface area is 197 Å². The molecule has 0 saturated carbocycles. The van der Waals surface area contributed by atoms with Crippen LogP contribution in [0.25, 0.3) is 10.8 Å². The van der Waals surface area contributed by atoms with Gasteiger partial charge < -0.3 is 5.32 Å². The molecule has 9 heteroatoms. The van der Waals surface area contributed by atoms with Crippen molar-refractivity contribution in [3.05, 3.63) is 106 Å². The summed E-state index contributed by atoms with van der Waals surface area (Å²) < 4.78 is 26.8. The second kappa shape index (κ2) is 9.48. The summed E-state index contributed by atoms with van der Waals surface area (Å²) in [6.45, 7) is 2.03. The monoisotopic (exact) mass is 476 g/mol. The topological polar surface area (TPSA) is 110 Å². The van der Waals surface area contributed by atoms with Gasteiger partial charge >= 0.3 is 0 Å². The van der Waals surface area contributed by atoms with Gasteiger partial charge in [-0.1, -0.05) is 60.7 Å². The smallest absolute Gasteiger partial charge is 0.274 e. The third-order valence-electron chi connectivity index (χ3n) is 5.30. The number of anilines is 1. The molecule has 0 aliphatic rings. The predicted molar refractivity (Wildman–Crippen MR) is 132 cm³/mol. The van der Waals surface area contributed by atoms with Gasteiger partial charge in [0, 0.05) is 11.1 Å². The average molecular weight is 477 g/mol. The Balaban J connectivity index is 1.66. The van der Waals surface area contributed by atoms with Crippen molar-refractivity contribution in [3.63, 3.8) is 0 Å². The Kier molecular flexibility index (Phi) is 6.47. The van der Waals surface area contributed by atoms with Crippen LogP contribution in [0, 0.1) is 0 Å². The number of carbonyl (C=O) groups excluding carboxylic acids is 1. The van der Waals surface area contributed by atoms with Crippen LogP contribution in [0.4, 0.5) is 5.69 Å². The molecule has 1 amide bonds. The van der Waals surface area contributed by atoms with Crippen molar-refractivity contribution in [2.75, 3.05) is 11.0 Å². The van der Waals surface area contributed by atoms with E-state index in [4.69, 9.17) is 0 Å². The second-order valence-corrected chi connectivity index (χ2v) is 9.79. The van der Waals surface area contributed by atoms with Gasteiger partial charge in [0.2, 0.25) is 10.0 Å². The molecule has 0 saturated heterocycles. The Morgan fingerprint density at radius 3 is 2.35 bits per heavy atom. The van der Waals surface area contributed by atoms with Gasteiger partial charge in [0.25, 0.3) is 11.5 Å². The minimum atomic E-state index is -3.42. The normalized spacial score (nSPS) is 12.3. The van der Waals surface area contributed by atoms with Crippen LogP contribution in [0.2, 0.25) is 0 Å². The van der Waals surface area contributed by atoms with Crippen LogP contribution in [0.3, 0.4) is 0 Å². The van der Waals surface area contributed by atoms with Crippen LogP contribution in [-0.2, 0) is 16.6 Å². The van der Waals surface area contributed by atoms with Gasteiger partial charge in [0.1, 0.15) is 0 Å². The molecule has 0 aliphatic heterocycles. The van der Waals surface area contributed by atoms with E-state index in [0.717, 1.165) is 11.8 Å². The average Bonchev–Trinajstić information content (AvgIpc) is 2.80. The van der Waals surface area contributed by atoms with Crippen molar-refractivity contribution in [3.8, 4) is 0 Å². The molecule has 0 aliphatic carbocycles. The maximum atomic E-state index is 13.3. The number of rotatable bonds is 7. The van der Waals surface area contributed by atoms with Gasteiger partial charge in [-0.3, -0.25) is 14.3 Å². The molecule has 0 spiro atoms. The molecule has 8 nitrogen and oxygen atoms in total. The molecule has 34 heavy (non-hydrogen) atoms. The van der Waals surface area contributed by atoms with E-state index in [1.54, 1.807) is 55.5 Å². The number of hydrogen-bond donors (Lipinski definition) is 2. The van der Waals surface area contributed by atoms with Gasteiger partial charge in [-0.15, -0.1) is 0 Å². The highest BCUT2D eigenvalue weighted by atomic mass is 32.2. The first-order valence-corrected chi connectivity index (χ1v) is 12.5. The fourth-order valence-electron chi connectivity index (χ4n) is 3.70. The predicted octanol–water partition coefficient (Wildman–Crippen LogP) is 3.31. The third-order valence-corrected chi connectivity index (χ3v) is 5.90. The summed E-state index contributed by atoms with van der Waals surface area (Å²) in [5.74, 6) is -0.438. The molecule has 1 aromatic heterocycles. The number of nitrogens with zero attached hydrogens (tertiary/aromatic N) is 2. The first kappa shape index (κ1) is 23.2. The van der Waals surface area contributed by atoms with Gasteiger partial charge in [0.15, 0.2) is 5.69 Å². The summed E-state index contributed by atoms with van der Waals surface area (Å²) in [6.07, 6.45) is 1.08. The van der Waals surface area contributed by atoms with E-state index in [9.17, 15) is 18.0 Å². The number of carbonyl (C=O) groups is 1. The van der Waals surface area contributed by atoms with Crippen molar-refractivity contribution in [2.45, 2.75) is 19.5 Å². The number of nitrogens with one attached hydrogen (secondary N) is 2. The second-order valence-electron chi connectivity index (χ2n) is 8.04. The van der Waals surface area contributed by atoms with Gasteiger partial charge in [-0.05, 0) is 36.2 Å². The van der Waals surface area contributed by atoms with Crippen LogP contribution in [0.15, 0.2) is 83.7 Å². The minimum Gasteiger partial charge on any atom is -0.344 e. The summed E-state index contributed by atoms with van der Waals surface area (Å²) in [7, 11) is -3.42. The van der Waals surface area contributed by atoms with Gasteiger partial charge in [-0.2, -0.15) is 5.10 Å². The molecular weight excluding hydrogens is 452 g/mol. The van der Waals surface area contributed by atoms with Crippen LogP contribution >= 0.6 is 0 Å². The lowest BCUT2D eigenvalue weighted by atomic mass is 10.1. The molecule has 0 radical (unpaired) electrons. The largest absolute Gasteiger partial charge is 0.344 e. The van der Waals surface area contributed by atoms with Crippen molar-refractivity contribution in [2.24, 2.45) is 0 Å². The molecule has 174 valence electrons. The summed E-state index contributed by atoms with van der Waals surface area (Å²) >= 11 is 0. The van der Waals surface area contributed by atoms with Crippen LogP contribution in [0.5, 0.6) is 0 Å². The Bertz CT molecular complexity index is 1520. The standard InChI is InChI=1S/C25H24N4O4S/c1-17(19-11-8-12-20(15-19)28-34(2,32)33)26-24(30)23-21-13-6-7-14-22(21)25(31)29(27-23)16-18-9-4-3-5-10-18/h3-15,17,28H,16H2,1-2H3,(H,26,30). The maximum absolute atomic E-state index is 13.3. The number of benzene rings is 3. The van der Waals surface area contributed by atoms with Crippen LogP contribution < -0.4 is 15.6 Å². The Morgan fingerprint density at radius 1 is 0.971 bits per heavy atom. The van der Waals surface area contributed by atoms with E-state index in [1.807, 2.05) is 30.3 Å². The van der Waals surface area contributed by atoms with E-state index in [2.05, 4.69) is 15.1 Å². The molecule has 2 N–H and O–H groups in total. The fourth-order valence-corrected chi connectivity index (χ4v) is 4.26. The zero-order valence-electron chi connectivity index (χ0n) is 18.7. The number of aromatic nitrogens is 2. The van der Waals surface area contributed by atoms with Crippen molar-refractivity contribution >= 4 is 32.4 Å². The Hall–Kier alpha value is -3.98. The molecule has 3 aromatic carbocycles. The summed E-state index contributed by atoms with van der Waals surface area (Å²) in [5.41, 5.74) is 1.87. The lowest BCUT2D eigenvalue weighted by Crippen LogP contribution is -2.32. The maximum Gasteiger partial charge on any atom is 0.274 e. The van der Waals surface area contributed by atoms with Crippen molar-refractivity contribution < 1.29 is 13.2 Å². The molecule has 1 heterocycles. The quantitative estimate of drug-likeness (QED) is 0.425. The van der Waals surface area contributed by atoms with Crippen LogP contribution in [0.1, 0.15) is 34.6 Å². The number of amides is 1. The highest BCUT2D eigenvalue weighted by molar-refractivity contribution is 7.92. The Morgan fingerprint density at radius 2 is 1.65 bits per heavy atom. The van der Waals surface area contributed by atoms with Crippen molar-refractivity contribution in [1.82, 2.24) is 15.1 Å². The summed E-state index contributed by atoms with van der Waals surface area (Å²) in [5, 5.41) is 8.19. The summed E-state index contributed by atoms with van der Waals surface area (Å²) in [4.78, 5) is 26.3. The molecule has 4 rings (SSSR count). The zero-order chi connectivity index (χ0) is 24.3. The highest BCUT2D eigenvalue weighted by Gasteiger charge is 2.19. The van der Waals surface area contributed by atoms with E-state index in [0.29, 0.717) is 22.0 Å². The summed E-state index contributed by atoms with van der Waals surface area (Å²) in [6, 6.07) is 22.7. The van der Waals surface area contributed by atoms with Gasteiger partial charge in [0.05, 0.1) is 24.2 Å². The SMILES string of the molecule is CC(NC(=O)c1nn(Cc2ccccc2)c(=O)c2ccccc12)c1cccc(NS(C)(=O)=O)c1. The molecule has 0 fully saturated rings. The first-order valence-electron chi connectivity index (χ1n) is 10.6. The zero-order valence-corrected chi connectivity index (χ0v) is 19.5. The van der Waals surface area contributed by atoms with Crippen LogP contribution in [-0.4, -0.2) is 30.4 Å². The minimum absolute atomic E-state index is 0.142. The number of sulfonamides is 1. The number of hydrogen-bond acceptors (Lipinski definition) is 5. The number of fused-ring (bicyclic) bond motifs is 1. The van der Waals surface area contributed by atoms with E-state index in [-0.39, 0.29) is 17.8 Å². The third kappa shape index (κ3) is 5.32. The lowest BCUT2D eigenvalue weighted by molar-refractivity contribution is 0.0934. The van der Waals surface area contributed by atoms with Gasteiger partial charge in [-0.25, -0.2) is 13.1 Å². The highest BCUT2D eigenvalue weighted by Crippen LogP contribution is 2.20.